The van der Waals surface area contributed by atoms with E-state index >= 15 is 0 Å². The van der Waals surface area contributed by atoms with Crippen molar-refractivity contribution in [3.05, 3.63) is 65.2 Å². The third kappa shape index (κ3) is 4.14. The molecule has 24 heavy (non-hydrogen) atoms. The molecule has 1 aliphatic rings. The Morgan fingerprint density at radius 3 is 2.25 bits per heavy atom. The topological polar surface area (TPSA) is 9.23 Å². The lowest BCUT2D eigenvalue weighted by Crippen LogP contribution is -2.12. The Balaban J connectivity index is 1.55. The third-order valence-electron chi connectivity index (χ3n) is 5.17. The van der Waals surface area contributed by atoms with Crippen LogP contribution in [0.1, 0.15) is 56.1 Å². The number of halogens is 2. The van der Waals surface area contributed by atoms with Gasteiger partial charge >= 0.3 is 0 Å². The van der Waals surface area contributed by atoms with E-state index in [1.165, 1.54) is 43.7 Å². The van der Waals surface area contributed by atoms with Crippen LogP contribution in [0.4, 0.5) is 8.78 Å². The van der Waals surface area contributed by atoms with Gasteiger partial charge in [0, 0.05) is 0 Å². The van der Waals surface area contributed by atoms with Crippen molar-refractivity contribution in [3.63, 3.8) is 0 Å². The van der Waals surface area contributed by atoms with Crippen molar-refractivity contribution in [2.75, 3.05) is 0 Å². The van der Waals surface area contributed by atoms with Crippen molar-refractivity contribution >= 4 is 0 Å². The molecule has 1 saturated carbocycles. The summed E-state index contributed by atoms with van der Waals surface area (Å²) in [6.07, 6.45) is 6.50. The molecule has 0 bridgehead atoms. The highest BCUT2D eigenvalue weighted by atomic mass is 19.2. The zero-order valence-electron chi connectivity index (χ0n) is 14.1. The summed E-state index contributed by atoms with van der Waals surface area (Å²) >= 11 is 0. The van der Waals surface area contributed by atoms with Gasteiger partial charge in [0.25, 0.3) is 0 Å². The van der Waals surface area contributed by atoms with Crippen molar-refractivity contribution in [1.29, 1.82) is 0 Å². The molecule has 2 aromatic rings. The Hall–Kier alpha value is -1.90. The van der Waals surface area contributed by atoms with Crippen molar-refractivity contribution in [3.8, 4) is 5.75 Å². The first-order valence-corrected chi connectivity index (χ1v) is 8.82. The first kappa shape index (κ1) is 16.9. The molecule has 0 spiro atoms. The minimum absolute atomic E-state index is 0.234. The smallest absolute Gasteiger partial charge is 0.159 e. The fourth-order valence-electron chi connectivity index (χ4n) is 3.54. The van der Waals surface area contributed by atoms with E-state index in [2.05, 4.69) is 19.1 Å². The number of hydrogen-bond donors (Lipinski definition) is 0. The molecule has 1 aliphatic carbocycles. The van der Waals surface area contributed by atoms with Gasteiger partial charge < -0.3 is 4.74 Å². The molecule has 0 saturated heterocycles. The molecule has 1 fully saturated rings. The summed E-state index contributed by atoms with van der Waals surface area (Å²) in [7, 11) is 0. The average Bonchev–Trinajstić information content (AvgIpc) is 2.63. The first-order valence-electron chi connectivity index (χ1n) is 8.82. The van der Waals surface area contributed by atoms with E-state index in [1.54, 1.807) is 6.07 Å². The van der Waals surface area contributed by atoms with Crippen LogP contribution in [-0.4, -0.2) is 0 Å². The van der Waals surface area contributed by atoms with Gasteiger partial charge in [-0.2, -0.15) is 0 Å². The maximum Gasteiger partial charge on any atom is 0.159 e. The highest BCUT2D eigenvalue weighted by molar-refractivity contribution is 5.30. The molecule has 0 amide bonds. The van der Waals surface area contributed by atoms with Crippen LogP contribution in [-0.2, 0) is 6.61 Å². The largest absolute Gasteiger partial charge is 0.489 e. The lowest BCUT2D eigenvalue weighted by Gasteiger charge is -2.28. The first-order chi connectivity index (χ1) is 11.7. The maximum atomic E-state index is 13.2. The van der Waals surface area contributed by atoms with Crippen LogP contribution in [0.2, 0.25) is 0 Å². The van der Waals surface area contributed by atoms with Crippen LogP contribution in [0.15, 0.2) is 42.5 Å². The summed E-state index contributed by atoms with van der Waals surface area (Å²) < 4.78 is 31.8. The molecule has 128 valence electrons. The highest BCUT2D eigenvalue weighted by Gasteiger charge is 2.21. The number of ether oxygens (including phenoxy) is 1. The predicted molar refractivity (Wildman–Crippen MR) is 92.1 cm³/mol. The Bertz CT molecular complexity index is 658. The number of rotatable bonds is 5. The van der Waals surface area contributed by atoms with Crippen molar-refractivity contribution < 1.29 is 13.5 Å². The van der Waals surface area contributed by atoms with Gasteiger partial charge in [-0.1, -0.05) is 31.5 Å². The monoisotopic (exact) mass is 330 g/mol. The second kappa shape index (κ2) is 7.78. The Morgan fingerprint density at radius 1 is 0.917 bits per heavy atom. The molecule has 3 heteroatoms. The van der Waals surface area contributed by atoms with E-state index in [4.69, 9.17) is 4.74 Å². The summed E-state index contributed by atoms with van der Waals surface area (Å²) in [5, 5.41) is 0. The van der Waals surface area contributed by atoms with Crippen LogP contribution >= 0.6 is 0 Å². The lowest BCUT2D eigenvalue weighted by atomic mass is 9.78. The van der Waals surface area contributed by atoms with E-state index < -0.39 is 11.6 Å². The molecule has 1 nitrogen and oxygen atoms in total. The van der Waals surface area contributed by atoms with Gasteiger partial charge in [-0.3, -0.25) is 0 Å². The van der Waals surface area contributed by atoms with Crippen LogP contribution in [0.5, 0.6) is 5.75 Å². The van der Waals surface area contributed by atoms with Gasteiger partial charge in [-0.15, -0.1) is 0 Å². The van der Waals surface area contributed by atoms with E-state index in [0.717, 1.165) is 17.7 Å². The lowest BCUT2D eigenvalue weighted by molar-refractivity contribution is 0.304. The SMILES string of the molecule is CC[C@H]1CC[C@H](c2ccc(OCc3ccc(F)c(F)c3)cc2)CC1. The predicted octanol–water partition coefficient (Wildman–Crippen LogP) is 6.23. The summed E-state index contributed by atoms with van der Waals surface area (Å²) in [4.78, 5) is 0. The molecule has 0 aliphatic heterocycles. The van der Waals surface area contributed by atoms with Crippen LogP contribution in [0, 0.1) is 17.6 Å². The quantitative estimate of drug-likeness (QED) is 0.631. The Morgan fingerprint density at radius 2 is 1.62 bits per heavy atom. The highest BCUT2D eigenvalue weighted by Crippen LogP contribution is 2.37. The Kier molecular flexibility index (Phi) is 5.49. The van der Waals surface area contributed by atoms with Crippen LogP contribution in [0.25, 0.3) is 0 Å². The molecule has 2 aromatic carbocycles. The van der Waals surface area contributed by atoms with Crippen LogP contribution in [0.3, 0.4) is 0 Å². The average molecular weight is 330 g/mol. The van der Waals surface area contributed by atoms with Crippen LogP contribution < -0.4 is 4.74 Å². The van der Waals surface area contributed by atoms with E-state index in [9.17, 15) is 8.78 Å². The van der Waals surface area contributed by atoms with Crippen molar-refractivity contribution in [2.24, 2.45) is 5.92 Å². The molecule has 0 N–H and O–H groups in total. The van der Waals surface area contributed by atoms with Gasteiger partial charge in [0.2, 0.25) is 0 Å². The normalized spacial score (nSPS) is 20.8. The molecule has 0 atom stereocenters. The van der Waals surface area contributed by atoms with Gasteiger partial charge in [0.05, 0.1) is 0 Å². The second-order valence-corrected chi connectivity index (χ2v) is 6.73. The molecule has 0 aromatic heterocycles. The fraction of sp³-hybridized carbons (Fsp3) is 0.429. The number of benzene rings is 2. The van der Waals surface area contributed by atoms with E-state index in [1.807, 2.05) is 12.1 Å². The van der Waals surface area contributed by atoms with Gasteiger partial charge in [0.15, 0.2) is 11.6 Å². The molecule has 0 unspecified atom stereocenters. The summed E-state index contributed by atoms with van der Waals surface area (Å²) in [5.41, 5.74) is 2.00. The second-order valence-electron chi connectivity index (χ2n) is 6.73. The molecule has 0 radical (unpaired) electrons. The molecule has 3 rings (SSSR count). The summed E-state index contributed by atoms with van der Waals surface area (Å²) in [6, 6.07) is 12.1. The maximum absolute atomic E-state index is 13.2. The standard InChI is InChI=1S/C21H24F2O/c1-2-15-3-6-17(7-4-15)18-8-10-19(11-9-18)24-14-16-5-12-20(22)21(23)13-16/h5,8-13,15,17H,2-4,6-7,14H2,1H3/t15-,17-. The van der Waals surface area contributed by atoms with Gasteiger partial charge in [-0.05, 0) is 72.9 Å². The minimum Gasteiger partial charge on any atom is -0.489 e. The van der Waals surface area contributed by atoms with Crippen molar-refractivity contribution in [2.45, 2.75) is 51.6 Å². The third-order valence-corrected chi connectivity index (χ3v) is 5.17. The van der Waals surface area contributed by atoms with Crippen molar-refractivity contribution in [1.82, 2.24) is 0 Å². The van der Waals surface area contributed by atoms with Gasteiger partial charge in [-0.25, -0.2) is 8.78 Å². The van der Waals surface area contributed by atoms with E-state index in [0.29, 0.717) is 11.5 Å². The molecule has 0 heterocycles. The zero-order valence-corrected chi connectivity index (χ0v) is 14.1. The summed E-state index contributed by atoms with van der Waals surface area (Å²) in [6.45, 7) is 2.52. The number of hydrogen-bond acceptors (Lipinski definition) is 1. The van der Waals surface area contributed by atoms with E-state index in [-0.39, 0.29) is 6.61 Å². The van der Waals surface area contributed by atoms with Gasteiger partial charge in [0.1, 0.15) is 12.4 Å². The molecular weight excluding hydrogens is 306 g/mol. The Labute approximate surface area is 142 Å². The summed E-state index contributed by atoms with van der Waals surface area (Å²) in [5.74, 6) is 0.647. The molecular formula is C21H24F2O. The zero-order chi connectivity index (χ0) is 16.9. The fourth-order valence-corrected chi connectivity index (χ4v) is 3.54. The minimum atomic E-state index is -0.839.